The highest BCUT2D eigenvalue weighted by Gasteiger charge is 2.13. The SMILES string of the molecule is CC.CS/C(=C\C=C\Cl)Cn1c(C)cc(-c2ccc([N+](=O)[O-])cc2)c1C. The molecule has 0 unspecified atom stereocenters. The van der Waals surface area contributed by atoms with E-state index in [0.29, 0.717) is 0 Å². The first-order valence-corrected chi connectivity index (χ1v) is 10.1. The third-order valence-corrected chi connectivity index (χ3v) is 4.83. The van der Waals surface area contributed by atoms with Gasteiger partial charge in [-0.1, -0.05) is 37.6 Å². The van der Waals surface area contributed by atoms with Crippen LogP contribution in [0, 0.1) is 24.0 Å². The van der Waals surface area contributed by atoms with E-state index in [2.05, 4.69) is 24.5 Å². The highest BCUT2D eigenvalue weighted by molar-refractivity contribution is 8.02. The molecule has 0 fully saturated rings. The van der Waals surface area contributed by atoms with Crippen LogP contribution in [0.1, 0.15) is 25.2 Å². The first-order chi connectivity index (χ1) is 12.5. The minimum absolute atomic E-state index is 0.105. The summed E-state index contributed by atoms with van der Waals surface area (Å²) in [5.74, 6) is 0. The highest BCUT2D eigenvalue weighted by atomic mass is 35.5. The van der Waals surface area contributed by atoms with Gasteiger partial charge in [0.05, 0.1) is 11.5 Å². The number of allylic oxidation sites excluding steroid dienone is 3. The number of aryl methyl sites for hydroxylation is 1. The number of thioether (sulfide) groups is 1. The monoisotopic (exact) mass is 392 g/mol. The fourth-order valence-corrected chi connectivity index (χ4v) is 3.13. The second-order valence-electron chi connectivity index (χ2n) is 5.33. The maximum Gasteiger partial charge on any atom is 0.269 e. The second-order valence-corrected chi connectivity index (χ2v) is 6.52. The van der Waals surface area contributed by atoms with Gasteiger partial charge in [-0.25, -0.2) is 0 Å². The van der Waals surface area contributed by atoms with E-state index in [4.69, 9.17) is 11.6 Å². The van der Waals surface area contributed by atoms with Gasteiger partial charge in [0.25, 0.3) is 5.69 Å². The van der Waals surface area contributed by atoms with Crippen molar-refractivity contribution in [1.82, 2.24) is 4.57 Å². The number of nitro benzene ring substituents is 1. The van der Waals surface area contributed by atoms with Gasteiger partial charge in [0.2, 0.25) is 0 Å². The van der Waals surface area contributed by atoms with Crippen LogP contribution in [0.25, 0.3) is 11.1 Å². The number of nitro groups is 1. The summed E-state index contributed by atoms with van der Waals surface area (Å²) in [6.45, 7) is 8.91. The molecule has 6 heteroatoms. The highest BCUT2D eigenvalue weighted by Crippen LogP contribution is 2.29. The van der Waals surface area contributed by atoms with Gasteiger partial charge in [0, 0.05) is 39.5 Å². The topological polar surface area (TPSA) is 48.1 Å². The van der Waals surface area contributed by atoms with Gasteiger partial charge in [0.1, 0.15) is 0 Å². The standard InChI is InChI=1S/C18H19ClN2O2S.C2H6/c1-13-11-18(15-6-8-16(9-7-15)21(22)23)14(2)20(13)12-17(24-3)5-4-10-19;1-2/h4-11H,12H2,1-3H3;1-2H3/b10-4+,17-5-;. The molecule has 0 spiro atoms. The number of non-ortho nitro benzene ring substituents is 1. The molecule has 0 N–H and O–H groups in total. The smallest absolute Gasteiger partial charge is 0.269 e. The number of aromatic nitrogens is 1. The molecule has 0 saturated heterocycles. The van der Waals surface area contributed by atoms with Crippen molar-refractivity contribution in [3.8, 4) is 11.1 Å². The van der Waals surface area contributed by atoms with Crippen molar-refractivity contribution in [3.63, 3.8) is 0 Å². The van der Waals surface area contributed by atoms with Crippen molar-refractivity contribution in [1.29, 1.82) is 0 Å². The molecular weight excluding hydrogens is 368 g/mol. The predicted molar refractivity (Wildman–Crippen MR) is 114 cm³/mol. The maximum absolute atomic E-state index is 10.8. The van der Waals surface area contributed by atoms with Gasteiger partial charge in [-0.2, -0.15) is 0 Å². The number of hydrogen-bond donors (Lipinski definition) is 0. The van der Waals surface area contributed by atoms with E-state index in [1.165, 1.54) is 10.4 Å². The van der Waals surface area contributed by atoms with E-state index in [1.807, 2.05) is 32.3 Å². The van der Waals surface area contributed by atoms with E-state index in [1.54, 1.807) is 36.0 Å². The van der Waals surface area contributed by atoms with Crippen LogP contribution in [-0.4, -0.2) is 15.7 Å². The van der Waals surface area contributed by atoms with E-state index in [0.717, 1.165) is 29.1 Å². The van der Waals surface area contributed by atoms with E-state index >= 15 is 0 Å². The summed E-state index contributed by atoms with van der Waals surface area (Å²) in [4.78, 5) is 11.6. The molecule has 0 amide bonds. The van der Waals surface area contributed by atoms with Crippen molar-refractivity contribution in [2.75, 3.05) is 6.26 Å². The summed E-state index contributed by atoms with van der Waals surface area (Å²) in [7, 11) is 0. The quantitative estimate of drug-likeness (QED) is 0.312. The zero-order chi connectivity index (χ0) is 19.7. The molecule has 140 valence electrons. The van der Waals surface area contributed by atoms with Crippen molar-refractivity contribution in [2.24, 2.45) is 0 Å². The van der Waals surface area contributed by atoms with Gasteiger partial charge in [-0.15, -0.1) is 11.8 Å². The minimum atomic E-state index is -0.382. The first kappa shape index (κ1) is 22.1. The minimum Gasteiger partial charge on any atom is -0.344 e. The lowest BCUT2D eigenvalue weighted by molar-refractivity contribution is -0.384. The summed E-state index contributed by atoms with van der Waals surface area (Å²) in [5.41, 5.74) is 5.96. The Morgan fingerprint density at radius 1 is 1.27 bits per heavy atom. The number of hydrogen-bond acceptors (Lipinski definition) is 3. The fraction of sp³-hybridized carbons (Fsp3) is 0.300. The Morgan fingerprint density at radius 2 is 1.88 bits per heavy atom. The molecule has 2 aromatic rings. The zero-order valence-electron chi connectivity index (χ0n) is 15.8. The Kier molecular flexibility index (Phi) is 9.24. The van der Waals surface area contributed by atoms with Crippen LogP contribution in [0.15, 0.2) is 52.9 Å². The Labute approximate surface area is 164 Å². The summed E-state index contributed by atoms with van der Waals surface area (Å²) in [6.07, 6.45) is 5.86. The molecule has 0 saturated carbocycles. The van der Waals surface area contributed by atoms with Crippen LogP contribution in [0.3, 0.4) is 0 Å². The molecule has 0 radical (unpaired) electrons. The average Bonchev–Trinajstić information content (AvgIpc) is 2.94. The average molecular weight is 393 g/mol. The molecular formula is C20H25ClN2O2S. The van der Waals surface area contributed by atoms with E-state index in [9.17, 15) is 10.1 Å². The molecule has 0 bridgehead atoms. The summed E-state index contributed by atoms with van der Waals surface area (Å²) in [6, 6.07) is 8.79. The Balaban J connectivity index is 0.00000163. The molecule has 0 aliphatic rings. The largest absolute Gasteiger partial charge is 0.344 e. The van der Waals surface area contributed by atoms with Gasteiger partial charge < -0.3 is 4.57 Å². The molecule has 0 atom stereocenters. The number of benzene rings is 1. The first-order valence-electron chi connectivity index (χ1n) is 8.39. The molecule has 1 aromatic carbocycles. The van der Waals surface area contributed by atoms with Gasteiger partial charge >= 0.3 is 0 Å². The van der Waals surface area contributed by atoms with Gasteiger partial charge in [-0.3, -0.25) is 10.1 Å². The normalized spacial score (nSPS) is 11.4. The number of rotatable bonds is 6. The molecule has 0 aliphatic carbocycles. The number of halogens is 1. The van der Waals surface area contributed by atoms with Gasteiger partial charge in [0.15, 0.2) is 0 Å². The number of nitrogens with zero attached hydrogens (tertiary/aromatic N) is 2. The van der Waals surface area contributed by atoms with Crippen LogP contribution < -0.4 is 0 Å². The predicted octanol–water partition coefficient (Wildman–Crippen LogP) is 6.71. The second kappa shape index (κ2) is 10.9. The Hall–Kier alpha value is -1.98. The van der Waals surface area contributed by atoms with Crippen molar-refractivity contribution in [3.05, 3.63) is 74.4 Å². The molecule has 26 heavy (non-hydrogen) atoms. The van der Waals surface area contributed by atoms with Crippen LogP contribution in [0.2, 0.25) is 0 Å². The summed E-state index contributed by atoms with van der Waals surface area (Å²) >= 11 is 7.29. The third-order valence-electron chi connectivity index (χ3n) is 3.89. The Bertz CT molecular complexity index is 793. The van der Waals surface area contributed by atoms with Crippen LogP contribution in [-0.2, 0) is 6.54 Å². The lowest BCUT2D eigenvalue weighted by atomic mass is 10.1. The van der Waals surface area contributed by atoms with Crippen LogP contribution in [0.4, 0.5) is 5.69 Å². The molecule has 1 aromatic heterocycles. The van der Waals surface area contributed by atoms with E-state index in [-0.39, 0.29) is 10.6 Å². The molecule has 4 nitrogen and oxygen atoms in total. The van der Waals surface area contributed by atoms with E-state index < -0.39 is 0 Å². The van der Waals surface area contributed by atoms with Crippen LogP contribution >= 0.6 is 23.4 Å². The fourth-order valence-electron chi connectivity index (χ4n) is 2.58. The lowest BCUT2D eigenvalue weighted by Gasteiger charge is -2.11. The third kappa shape index (κ3) is 5.51. The zero-order valence-corrected chi connectivity index (χ0v) is 17.4. The summed E-state index contributed by atoms with van der Waals surface area (Å²) in [5, 5.41) is 10.8. The van der Waals surface area contributed by atoms with Crippen LogP contribution in [0.5, 0.6) is 0 Å². The van der Waals surface area contributed by atoms with Crippen molar-refractivity contribution >= 4 is 29.1 Å². The van der Waals surface area contributed by atoms with Crippen molar-refractivity contribution in [2.45, 2.75) is 34.2 Å². The maximum atomic E-state index is 10.8. The Morgan fingerprint density at radius 3 is 2.38 bits per heavy atom. The molecule has 2 rings (SSSR count). The molecule has 0 aliphatic heterocycles. The lowest BCUT2D eigenvalue weighted by Crippen LogP contribution is -2.03. The molecule has 1 heterocycles. The summed E-state index contributed by atoms with van der Waals surface area (Å²) < 4.78 is 2.24. The van der Waals surface area contributed by atoms with Gasteiger partial charge in [-0.05, 0) is 43.9 Å². The van der Waals surface area contributed by atoms with Crippen molar-refractivity contribution < 1.29 is 4.92 Å².